The fraction of sp³-hybridized carbons (Fsp3) is 0.550. The van der Waals surface area contributed by atoms with E-state index in [9.17, 15) is 8.78 Å². The summed E-state index contributed by atoms with van der Waals surface area (Å²) < 4.78 is 39.9. The van der Waals surface area contributed by atoms with E-state index in [-0.39, 0.29) is 11.8 Å². The van der Waals surface area contributed by atoms with Crippen LogP contribution in [-0.2, 0) is 16.0 Å². The van der Waals surface area contributed by atoms with E-state index < -0.39 is 11.6 Å². The predicted molar refractivity (Wildman–Crippen MR) is 99.1 cm³/mol. The van der Waals surface area contributed by atoms with Crippen molar-refractivity contribution in [3.63, 3.8) is 0 Å². The summed E-state index contributed by atoms with van der Waals surface area (Å²) in [5.74, 6) is -1.22. The zero-order valence-corrected chi connectivity index (χ0v) is 15.9. The molecule has 0 bridgehead atoms. The maximum atomic E-state index is 14.1. The van der Waals surface area contributed by atoms with Crippen molar-refractivity contribution in [2.75, 3.05) is 26.4 Å². The lowest BCUT2D eigenvalue weighted by atomic mass is 10.2. The van der Waals surface area contributed by atoms with Gasteiger partial charge in [-0.25, -0.2) is 13.5 Å². The molecule has 2 aromatic rings. The molecule has 0 spiro atoms. The molecule has 0 amide bonds. The molecule has 2 heterocycles. The first kappa shape index (κ1) is 19.9. The van der Waals surface area contributed by atoms with Crippen LogP contribution in [0.2, 0.25) is 0 Å². The Morgan fingerprint density at radius 2 is 2.19 bits per heavy atom. The van der Waals surface area contributed by atoms with E-state index in [0.29, 0.717) is 19.8 Å². The van der Waals surface area contributed by atoms with Crippen molar-refractivity contribution in [1.82, 2.24) is 15.1 Å². The van der Waals surface area contributed by atoms with Crippen LogP contribution < -0.4 is 5.32 Å². The zero-order chi connectivity index (χ0) is 19.2. The van der Waals surface area contributed by atoms with Gasteiger partial charge in [-0.2, -0.15) is 5.10 Å². The van der Waals surface area contributed by atoms with Gasteiger partial charge in [0.2, 0.25) is 0 Å². The fourth-order valence-corrected chi connectivity index (χ4v) is 3.32. The second-order valence-electron chi connectivity index (χ2n) is 6.90. The van der Waals surface area contributed by atoms with Gasteiger partial charge in [0.25, 0.3) is 0 Å². The third-order valence-electron chi connectivity index (χ3n) is 4.85. The molecule has 1 fully saturated rings. The first-order valence-electron chi connectivity index (χ1n) is 9.47. The Labute approximate surface area is 158 Å². The molecular weight excluding hydrogens is 352 g/mol. The Hall–Kier alpha value is -1.83. The molecule has 148 valence electrons. The summed E-state index contributed by atoms with van der Waals surface area (Å²) in [5.41, 5.74) is 2.96. The first-order chi connectivity index (χ1) is 13.1. The number of hydrogen-bond acceptors (Lipinski definition) is 4. The summed E-state index contributed by atoms with van der Waals surface area (Å²) in [6, 6.07) is 3.52. The summed E-state index contributed by atoms with van der Waals surface area (Å²) in [4.78, 5) is 0. The number of aryl methyl sites for hydroxylation is 1. The summed E-state index contributed by atoms with van der Waals surface area (Å²) in [6.07, 6.45) is 3.39. The number of halogens is 2. The van der Waals surface area contributed by atoms with Crippen LogP contribution >= 0.6 is 0 Å². The van der Waals surface area contributed by atoms with Gasteiger partial charge < -0.3 is 14.8 Å². The summed E-state index contributed by atoms with van der Waals surface area (Å²) in [6.45, 7) is 7.48. The highest BCUT2D eigenvalue weighted by Gasteiger charge is 2.16. The molecule has 5 nitrogen and oxygen atoms in total. The smallest absolute Gasteiger partial charge is 0.151 e. The molecule has 1 atom stereocenters. The highest BCUT2D eigenvalue weighted by molar-refractivity contribution is 5.38. The van der Waals surface area contributed by atoms with E-state index in [2.05, 4.69) is 10.4 Å². The second-order valence-corrected chi connectivity index (χ2v) is 6.90. The molecular formula is C20H27F2N3O2. The van der Waals surface area contributed by atoms with Crippen LogP contribution in [0.4, 0.5) is 8.78 Å². The monoisotopic (exact) mass is 379 g/mol. The molecule has 3 rings (SSSR count). The largest absolute Gasteiger partial charge is 0.379 e. The number of nitrogens with one attached hydrogen (secondary N) is 1. The number of aromatic nitrogens is 2. The second kappa shape index (κ2) is 9.39. The Balaban J connectivity index is 1.47. The normalized spacial score (nSPS) is 17.0. The number of hydrogen-bond donors (Lipinski definition) is 1. The molecule has 27 heavy (non-hydrogen) atoms. The first-order valence-corrected chi connectivity index (χ1v) is 9.47. The van der Waals surface area contributed by atoms with Crippen molar-refractivity contribution >= 4 is 0 Å². The van der Waals surface area contributed by atoms with Crippen molar-refractivity contribution in [2.45, 2.75) is 45.8 Å². The Bertz CT molecular complexity index is 758. The van der Waals surface area contributed by atoms with Crippen LogP contribution in [0.3, 0.4) is 0 Å². The zero-order valence-electron chi connectivity index (χ0n) is 15.9. The Morgan fingerprint density at radius 3 is 2.93 bits per heavy atom. The SMILES string of the molecule is Cc1nn(-c2ccc(F)cc2F)c(C)c1CNCCCOCC1CCCO1. The van der Waals surface area contributed by atoms with E-state index in [1.807, 2.05) is 13.8 Å². The van der Waals surface area contributed by atoms with Crippen molar-refractivity contribution < 1.29 is 18.3 Å². The van der Waals surface area contributed by atoms with Crippen LogP contribution in [0.25, 0.3) is 5.69 Å². The van der Waals surface area contributed by atoms with Gasteiger partial charge >= 0.3 is 0 Å². The fourth-order valence-electron chi connectivity index (χ4n) is 3.32. The maximum Gasteiger partial charge on any atom is 0.151 e. The molecule has 1 aliphatic heterocycles. The number of rotatable bonds is 9. The number of benzene rings is 1. The van der Waals surface area contributed by atoms with Crippen molar-refractivity contribution in [3.8, 4) is 5.69 Å². The lowest BCUT2D eigenvalue weighted by molar-refractivity contribution is 0.0166. The minimum atomic E-state index is -0.622. The van der Waals surface area contributed by atoms with Gasteiger partial charge in [-0.15, -0.1) is 0 Å². The van der Waals surface area contributed by atoms with Crippen LogP contribution in [0, 0.1) is 25.5 Å². The van der Waals surface area contributed by atoms with Gasteiger partial charge in [0.1, 0.15) is 11.5 Å². The van der Waals surface area contributed by atoms with Crippen molar-refractivity contribution in [3.05, 3.63) is 46.8 Å². The lowest BCUT2D eigenvalue weighted by Gasteiger charge is -2.10. The van der Waals surface area contributed by atoms with Crippen molar-refractivity contribution in [2.24, 2.45) is 0 Å². The maximum absolute atomic E-state index is 14.1. The number of nitrogens with zero attached hydrogens (tertiary/aromatic N) is 2. The third kappa shape index (κ3) is 5.12. The molecule has 1 aromatic carbocycles. The minimum absolute atomic E-state index is 0.255. The van der Waals surface area contributed by atoms with Gasteiger partial charge in [0.05, 0.1) is 18.4 Å². The number of ether oxygens (including phenoxy) is 2. The van der Waals surface area contributed by atoms with Gasteiger partial charge in [0.15, 0.2) is 5.82 Å². The lowest BCUT2D eigenvalue weighted by Crippen LogP contribution is -2.19. The molecule has 7 heteroatoms. The molecule has 0 aliphatic carbocycles. The van der Waals surface area contributed by atoms with Crippen LogP contribution in [0.15, 0.2) is 18.2 Å². The standard InChI is InChI=1S/C20H27F2N3O2/c1-14-18(12-23-8-4-9-26-13-17-5-3-10-27-17)15(2)25(24-14)20-7-6-16(21)11-19(20)22/h6-7,11,17,23H,3-5,8-10,12-13H2,1-2H3. The van der Waals surface area contributed by atoms with Gasteiger partial charge in [-0.1, -0.05) is 0 Å². The highest BCUT2D eigenvalue weighted by Crippen LogP contribution is 2.20. The Morgan fingerprint density at radius 1 is 1.33 bits per heavy atom. The predicted octanol–water partition coefficient (Wildman–Crippen LogP) is 3.44. The average Bonchev–Trinajstić information content (AvgIpc) is 3.24. The van der Waals surface area contributed by atoms with E-state index in [1.165, 1.54) is 16.8 Å². The molecule has 0 saturated carbocycles. The van der Waals surface area contributed by atoms with E-state index in [0.717, 1.165) is 55.4 Å². The van der Waals surface area contributed by atoms with E-state index in [4.69, 9.17) is 9.47 Å². The van der Waals surface area contributed by atoms with Crippen LogP contribution in [0.5, 0.6) is 0 Å². The summed E-state index contributed by atoms with van der Waals surface area (Å²) in [5, 5.41) is 7.80. The van der Waals surface area contributed by atoms with Crippen molar-refractivity contribution in [1.29, 1.82) is 0 Å². The molecule has 1 N–H and O–H groups in total. The molecule has 0 radical (unpaired) electrons. The summed E-state index contributed by atoms with van der Waals surface area (Å²) >= 11 is 0. The molecule has 1 aliphatic rings. The molecule has 1 unspecified atom stereocenters. The minimum Gasteiger partial charge on any atom is -0.379 e. The van der Waals surface area contributed by atoms with Crippen LogP contribution in [0.1, 0.15) is 36.2 Å². The average molecular weight is 379 g/mol. The van der Waals surface area contributed by atoms with E-state index in [1.54, 1.807) is 0 Å². The quantitative estimate of drug-likeness (QED) is 0.678. The molecule has 1 saturated heterocycles. The Kier molecular flexibility index (Phi) is 6.93. The van der Waals surface area contributed by atoms with Gasteiger partial charge in [-0.05, 0) is 51.8 Å². The third-order valence-corrected chi connectivity index (χ3v) is 4.85. The highest BCUT2D eigenvalue weighted by atomic mass is 19.1. The van der Waals surface area contributed by atoms with Gasteiger partial charge in [-0.3, -0.25) is 0 Å². The van der Waals surface area contributed by atoms with Gasteiger partial charge in [0, 0.05) is 37.1 Å². The van der Waals surface area contributed by atoms with E-state index >= 15 is 0 Å². The van der Waals surface area contributed by atoms with Crippen LogP contribution in [-0.4, -0.2) is 42.2 Å². The topological polar surface area (TPSA) is 48.3 Å². The molecule has 1 aromatic heterocycles. The summed E-state index contributed by atoms with van der Waals surface area (Å²) in [7, 11) is 0.